The van der Waals surface area contributed by atoms with Gasteiger partial charge in [0, 0.05) is 10.8 Å². The Morgan fingerprint density at radius 3 is 1.80 bits per heavy atom. The Morgan fingerprint density at radius 1 is 0.320 bits per heavy atom. The largest absolute Gasteiger partial charge is 0.0622 e. The van der Waals surface area contributed by atoms with Gasteiger partial charge in [-0.05, 0) is 130 Å². The summed E-state index contributed by atoms with van der Waals surface area (Å²) in [4.78, 5) is 0. The minimum absolute atomic E-state index is 0.0117. The van der Waals surface area contributed by atoms with Crippen molar-refractivity contribution in [1.82, 2.24) is 0 Å². The molecule has 0 amide bonds. The van der Waals surface area contributed by atoms with E-state index in [1.165, 1.54) is 99.4 Å². The fourth-order valence-electron chi connectivity index (χ4n) is 9.22. The first-order chi connectivity index (χ1) is 24.3. The highest BCUT2D eigenvalue weighted by Crippen LogP contribution is 2.59. The average molecular weight is 639 g/mol. The Morgan fingerprint density at radius 2 is 0.980 bits per heavy atom. The van der Waals surface area contributed by atoms with Gasteiger partial charge >= 0.3 is 0 Å². The quantitative estimate of drug-likeness (QED) is 0.181. The van der Waals surface area contributed by atoms with E-state index >= 15 is 0 Å². The molecule has 0 heterocycles. The van der Waals surface area contributed by atoms with Crippen molar-refractivity contribution in [3.05, 3.63) is 180 Å². The summed E-state index contributed by atoms with van der Waals surface area (Å²) in [7, 11) is 0. The van der Waals surface area contributed by atoms with E-state index in [0.29, 0.717) is 0 Å². The molecule has 0 nitrogen and oxygen atoms in total. The minimum Gasteiger partial charge on any atom is -0.0622 e. The van der Waals surface area contributed by atoms with Crippen LogP contribution < -0.4 is 0 Å². The normalized spacial score (nSPS) is 14.7. The molecule has 0 spiro atoms. The molecule has 8 aromatic carbocycles. The molecule has 10 rings (SSSR count). The van der Waals surface area contributed by atoms with Crippen molar-refractivity contribution in [2.75, 3.05) is 0 Å². The molecule has 0 saturated heterocycles. The average Bonchev–Trinajstić information content (AvgIpc) is 3.53. The first-order valence-corrected chi connectivity index (χ1v) is 17.8. The lowest BCUT2D eigenvalue weighted by atomic mass is 9.76. The van der Waals surface area contributed by atoms with Crippen molar-refractivity contribution in [3.63, 3.8) is 0 Å². The topological polar surface area (TPSA) is 0 Å². The lowest BCUT2D eigenvalue weighted by Crippen LogP contribution is -2.18. The van der Waals surface area contributed by atoms with Crippen molar-refractivity contribution in [2.24, 2.45) is 0 Å². The fraction of sp³-hybridized carbons (Fsp3) is 0.120. The Bertz CT molecular complexity index is 2690. The van der Waals surface area contributed by atoms with Crippen LogP contribution in [0.5, 0.6) is 0 Å². The lowest BCUT2D eigenvalue weighted by molar-refractivity contribution is 0.647. The zero-order chi connectivity index (χ0) is 33.8. The van der Waals surface area contributed by atoms with Crippen LogP contribution in [0.15, 0.2) is 158 Å². The Labute approximate surface area is 294 Å². The number of hydrogen-bond acceptors (Lipinski definition) is 0. The fourth-order valence-corrected chi connectivity index (χ4v) is 9.22. The van der Waals surface area contributed by atoms with Gasteiger partial charge in [0.2, 0.25) is 0 Å². The highest BCUT2D eigenvalue weighted by atomic mass is 14.5. The monoisotopic (exact) mass is 638 g/mol. The molecule has 0 bridgehead atoms. The number of benzene rings is 8. The van der Waals surface area contributed by atoms with E-state index in [2.05, 4.69) is 185 Å². The second kappa shape index (κ2) is 10.4. The van der Waals surface area contributed by atoms with E-state index < -0.39 is 0 Å². The van der Waals surface area contributed by atoms with Crippen molar-refractivity contribution in [3.8, 4) is 55.6 Å². The van der Waals surface area contributed by atoms with Crippen LogP contribution in [0.3, 0.4) is 0 Å². The summed E-state index contributed by atoms with van der Waals surface area (Å²) in [6.07, 6.45) is 0. The van der Waals surface area contributed by atoms with Crippen LogP contribution >= 0.6 is 0 Å². The predicted octanol–water partition coefficient (Wildman–Crippen LogP) is 13.6. The van der Waals surface area contributed by atoms with Gasteiger partial charge in [-0.15, -0.1) is 0 Å². The molecule has 0 unspecified atom stereocenters. The molecule has 0 atom stereocenters. The molecule has 0 aliphatic heterocycles. The van der Waals surface area contributed by atoms with Crippen LogP contribution in [0.1, 0.15) is 49.9 Å². The van der Waals surface area contributed by atoms with Crippen LogP contribution in [0.4, 0.5) is 0 Å². The molecule has 0 radical (unpaired) electrons. The minimum atomic E-state index is -0.137. The van der Waals surface area contributed by atoms with Gasteiger partial charge in [0.15, 0.2) is 0 Å². The van der Waals surface area contributed by atoms with Gasteiger partial charge in [-0.25, -0.2) is 0 Å². The van der Waals surface area contributed by atoms with Crippen LogP contribution in [0.2, 0.25) is 0 Å². The third-order valence-electron chi connectivity index (χ3n) is 11.8. The maximum absolute atomic E-state index is 2.49. The van der Waals surface area contributed by atoms with E-state index in [1.54, 1.807) is 0 Å². The van der Waals surface area contributed by atoms with E-state index in [0.717, 1.165) is 0 Å². The molecular formula is C50H38. The first-order valence-electron chi connectivity index (χ1n) is 17.8. The predicted molar refractivity (Wildman–Crippen MR) is 213 cm³/mol. The number of hydrogen-bond donors (Lipinski definition) is 0. The van der Waals surface area contributed by atoms with E-state index in [9.17, 15) is 0 Å². The van der Waals surface area contributed by atoms with Crippen LogP contribution in [-0.4, -0.2) is 0 Å². The van der Waals surface area contributed by atoms with Crippen LogP contribution in [-0.2, 0) is 10.8 Å². The van der Waals surface area contributed by atoms with Crippen LogP contribution in [0.25, 0.3) is 77.2 Å². The molecule has 8 aromatic rings. The maximum Gasteiger partial charge on any atom is 0.0165 e. The molecule has 0 heteroatoms. The van der Waals surface area contributed by atoms with Gasteiger partial charge in [-0.1, -0.05) is 155 Å². The van der Waals surface area contributed by atoms with E-state index in [4.69, 9.17) is 0 Å². The van der Waals surface area contributed by atoms with Gasteiger partial charge in [0.25, 0.3) is 0 Å². The van der Waals surface area contributed by atoms with Gasteiger partial charge in [-0.2, -0.15) is 0 Å². The molecular weight excluding hydrogens is 601 g/mol. The smallest absolute Gasteiger partial charge is 0.0165 e. The SMILES string of the molecule is CC1(C)c2ccccc2-c2c1ccc1c2C(C)(C)c2cc(-c3cc(-c4ccc5ccc(-c6ccccc6)cc5c4)cc4ccccc34)ccc2-1. The lowest BCUT2D eigenvalue weighted by Gasteiger charge is -2.26. The number of rotatable bonds is 3. The highest BCUT2D eigenvalue weighted by molar-refractivity contribution is 6.02. The van der Waals surface area contributed by atoms with Crippen molar-refractivity contribution in [1.29, 1.82) is 0 Å². The van der Waals surface area contributed by atoms with Gasteiger partial charge in [-0.3, -0.25) is 0 Å². The molecule has 0 saturated carbocycles. The molecule has 0 fully saturated rings. The summed E-state index contributed by atoms with van der Waals surface area (Å²) < 4.78 is 0. The van der Waals surface area contributed by atoms with Gasteiger partial charge in [0.1, 0.15) is 0 Å². The van der Waals surface area contributed by atoms with E-state index in [1.807, 2.05) is 0 Å². The summed E-state index contributed by atoms with van der Waals surface area (Å²) in [6, 6.07) is 59.1. The summed E-state index contributed by atoms with van der Waals surface area (Å²) >= 11 is 0. The van der Waals surface area contributed by atoms with Crippen molar-refractivity contribution >= 4 is 21.5 Å². The van der Waals surface area contributed by atoms with Crippen LogP contribution in [0, 0.1) is 0 Å². The molecule has 50 heavy (non-hydrogen) atoms. The standard InChI is InChI=1S/C50H38/c1-49(2)44-17-11-10-16-42(44)47-45(49)25-24-41-40-23-22-36(30-46(40)50(3,4)48(41)47)43-29-38(28-35-14-8-9-15-39(35)43)34-21-19-32-18-20-33(26-37(32)27-34)31-12-6-5-7-13-31/h5-30H,1-4H3. The second-order valence-corrected chi connectivity index (χ2v) is 15.4. The zero-order valence-corrected chi connectivity index (χ0v) is 29.0. The maximum atomic E-state index is 2.49. The van der Waals surface area contributed by atoms with Gasteiger partial charge in [0.05, 0.1) is 0 Å². The highest BCUT2D eigenvalue weighted by Gasteiger charge is 2.44. The summed E-state index contributed by atoms with van der Waals surface area (Å²) in [5, 5.41) is 5.06. The van der Waals surface area contributed by atoms with Crippen molar-refractivity contribution < 1.29 is 0 Å². The molecule has 0 aromatic heterocycles. The Balaban J connectivity index is 1.12. The summed E-state index contributed by atoms with van der Waals surface area (Å²) in [5.41, 5.74) is 18.7. The summed E-state index contributed by atoms with van der Waals surface area (Å²) in [6.45, 7) is 9.63. The zero-order valence-electron chi connectivity index (χ0n) is 29.0. The second-order valence-electron chi connectivity index (χ2n) is 15.4. The molecule has 238 valence electrons. The molecule has 0 N–H and O–H groups in total. The first kappa shape index (κ1) is 29.2. The van der Waals surface area contributed by atoms with E-state index in [-0.39, 0.29) is 10.8 Å². The third kappa shape index (κ3) is 4.12. The van der Waals surface area contributed by atoms with Crippen molar-refractivity contribution in [2.45, 2.75) is 38.5 Å². The van der Waals surface area contributed by atoms with Gasteiger partial charge < -0.3 is 0 Å². The Kier molecular flexibility index (Phi) is 6.07. The summed E-state index contributed by atoms with van der Waals surface area (Å²) in [5.74, 6) is 0. The Hall–Kier alpha value is -5.72. The number of fused-ring (bicyclic) bond motifs is 9. The molecule has 2 aliphatic carbocycles. The molecule has 2 aliphatic rings. The third-order valence-corrected chi connectivity index (χ3v) is 11.8.